The molecule has 0 saturated heterocycles. The van der Waals surface area contributed by atoms with Crippen molar-refractivity contribution in [2.75, 3.05) is 5.32 Å². The molecule has 0 fully saturated rings. The van der Waals surface area contributed by atoms with Gasteiger partial charge in [0.15, 0.2) is 0 Å². The number of para-hydroxylation sites is 1. The van der Waals surface area contributed by atoms with Gasteiger partial charge in [0.05, 0.1) is 5.56 Å². The normalized spacial score (nSPS) is 9.94. The highest BCUT2D eigenvalue weighted by Gasteiger charge is 2.11. The molecule has 0 aliphatic rings. The molecule has 3 nitrogen and oxygen atoms in total. The van der Waals surface area contributed by atoms with Gasteiger partial charge in [-0.05, 0) is 12.1 Å². The van der Waals surface area contributed by atoms with E-state index in [0.29, 0.717) is 5.56 Å². The highest BCUT2D eigenvalue weighted by molar-refractivity contribution is 6.36. The topological polar surface area (TPSA) is 42.0 Å². The Bertz CT molecular complexity index is 545. The van der Waals surface area contributed by atoms with Crippen molar-refractivity contribution < 1.29 is 4.79 Å². The van der Waals surface area contributed by atoms with Gasteiger partial charge in [0.25, 0.3) is 5.91 Å². The Balaban J connectivity index is 2.23. The summed E-state index contributed by atoms with van der Waals surface area (Å²) in [5, 5.41) is 2.97. The van der Waals surface area contributed by atoms with Crippen LogP contribution in [0, 0.1) is 0 Å². The number of rotatable bonds is 2. The van der Waals surface area contributed by atoms with Crippen molar-refractivity contribution in [3.63, 3.8) is 0 Å². The van der Waals surface area contributed by atoms with Gasteiger partial charge in [0.2, 0.25) is 0 Å². The van der Waals surface area contributed by atoms with Crippen molar-refractivity contribution in [2.45, 2.75) is 0 Å². The fraction of sp³-hybridized carbons (Fsp3) is 0. The van der Waals surface area contributed by atoms with Gasteiger partial charge in [-0.15, -0.1) is 0 Å². The number of nitrogens with one attached hydrogen (secondary N) is 1. The molecular weight excluding hydrogens is 234 g/mol. The molecule has 17 heavy (non-hydrogen) atoms. The first-order valence-corrected chi connectivity index (χ1v) is 5.53. The fourth-order valence-corrected chi connectivity index (χ4v) is 1.62. The summed E-state index contributed by atoms with van der Waals surface area (Å²) in [7, 11) is 1.86. The monoisotopic (exact) mass is 244 g/mol. The van der Waals surface area contributed by atoms with E-state index in [2.05, 4.69) is 10.3 Å². The van der Waals surface area contributed by atoms with E-state index >= 15 is 0 Å². The van der Waals surface area contributed by atoms with E-state index < -0.39 is 0 Å². The molecule has 1 aromatic carbocycles. The maximum Gasteiger partial charge on any atom is 0.258 e. The lowest BCUT2D eigenvalue weighted by atomic mass is 9.97. The van der Waals surface area contributed by atoms with E-state index in [1.165, 1.54) is 0 Å². The van der Waals surface area contributed by atoms with E-state index in [-0.39, 0.29) is 11.1 Å². The van der Waals surface area contributed by atoms with E-state index in [4.69, 9.17) is 11.6 Å². The molecule has 2 rings (SSSR count). The highest BCUT2D eigenvalue weighted by Crippen LogP contribution is 2.13. The average molecular weight is 244 g/mol. The molecule has 0 aliphatic carbocycles. The minimum Gasteiger partial charge on any atom is -0.322 e. The molecular formula is C12H10BClN2O. The van der Waals surface area contributed by atoms with Crippen LogP contribution >= 0.6 is 11.6 Å². The smallest absolute Gasteiger partial charge is 0.258 e. The molecule has 5 heteroatoms. The second-order valence-corrected chi connectivity index (χ2v) is 4.03. The van der Waals surface area contributed by atoms with Gasteiger partial charge < -0.3 is 5.32 Å². The Hall–Kier alpha value is -1.81. The van der Waals surface area contributed by atoms with Crippen LogP contribution in [-0.4, -0.2) is 18.7 Å². The van der Waals surface area contributed by atoms with Crippen LogP contribution in [0.2, 0.25) is 5.15 Å². The Morgan fingerprint density at radius 1 is 1.29 bits per heavy atom. The maximum atomic E-state index is 12.0. The molecule has 0 bridgehead atoms. The minimum atomic E-state index is -0.252. The van der Waals surface area contributed by atoms with Gasteiger partial charge >= 0.3 is 0 Å². The van der Waals surface area contributed by atoms with Crippen LogP contribution in [0.5, 0.6) is 0 Å². The second kappa shape index (κ2) is 5.02. The number of aromatic nitrogens is 1. The molecule has 0 saturated carbocycles. The molecule has 0 unspecified atom stereocenters. The van der Waals surface area contributed by atoms with Gasteiger partial charge in [-0.3, -0.25) is 4.79 Å². The lowest BCUT2D eigenvalue weighted by Gasteiger charge is -2.06. The molecule has 0 spiro atoms. The van der Waals surface area contributed by atoms with Crippen molar-refractivity contribution >= 4 is 36.5 Å². The van der Waals surface area contributed by atoms with Gasteiger partial charge in [-0.25, -0.2) is 4.98 Å². The maximum absolute atomic E-state index is 12.0. The van der Waals surface area contributed by atoms with Crippen LogP contribution in [0.4, 0.5) is 5.69 Å². The number of amides is 1. The van der Waals surface area contributed by atoms with Crippen molar-refractivity contribution in [2.24, 2.45) is 0 Å². The van der Waals surface area contributed by atoms with E-state index in [1.807, 2.05) is 38.2 Å². The number of hydrogen-bond acceptors (Lipinski definition) is 2. The Morgan fingerprint density at radius 2 is 2.00 bits per heavy atom. The highest BCUT2D eigenvalue weighted by atomic mass is 35.5. The second-order valence-electron chi connectivity index (χ2n) is 3.67. The van der Waals surface area contributed by atoms with Crippen LogP contribution in [-0.2, 0) is 0 Å². The number of anilines is 1. The third kappa shape index (κ3) is 2.85. The summed E-state index contributed by atoms with van der Waals surface area (Å²) in [6, 6.07) is 10.9. The summed E-state index contributed by atoms with van der Waals surface area (Å²) >= 11 is 5.89. The van der Waals surface area contributed by atoms with Crippen LogP contribution in [0.1, 0.15) is 10.4 Å². The van der Waals surface area contributed by atoms with Gasteiger partial charge in [0.1, 0.15) is 13.0 Å². The SMILES string of the molecule is Bc1cnc(Cl)c(C(=O)Nc2ccccc2)c1. The van der Waals surface area contributed by atoms with Crippen molar-refractivity contribution in [3.8, 4) is 0 Å². The standard InChI is InChI=1S/C12H10BClN2O/c13-8-6-10(11(14)15-7-8)12(17)16-9-4-2-1-3-5-9/h1-7H,13H2,(H,16,17). The summed E-state index contributed by atoms with van der Waals surface area (Å²) in [6.45, 7) is 0. The lowest BCUT2D eigenvalue weighted by molar-refractivity contribution is 0.102. The number of carbonyl (C=O) groups excluding carboxylic acids is 1. The van der Waals surface area contributed by atoms with Gasteiger partial charge in [-0.1, -0.05) is 41.3 Å². The van der Waals surface area contributed by atoms with E-state index in [1.54, 1.807) is 12.3 Å². The summed E-state index contributed by atoms with van der Waals surface area (Å²) in [6.07, 6.45) is 1.63. The summed E-state index contributed by atoms with van der Waals surface area (Å²) in [4.78, 5) is 15.9. The van der Waals surface area contributed by atoms with Crippen LogP contribution in [0.3, 0.4) is 0 Å². The molecule has 0 atom stereocenters. The van der Waals surface area contributed by atoms with Crippen molar-refractivity contribution in [3.05, 3.63) is 53.3 Å². The number of pyridine rings is 1. The number of hydrogen-bond donors (Lipinski definition) is 1. The van der Waals surface area contributed by atoms with Gasteiger partial charge in [0, 0.05) is 11.9 Å². The molecule has 1 aromatic heterocycles. The largest absolute Gasteiger partial charge is 0.322 e. The molecule has 1 amide bonds. The first-order valence-electron chi connectivity index (χ1n) is 5.15. The molecule has 1 N–H and O–H groups in total. The molecule has 1 heterocycles. The summed E-state index contributed by atoms with van der Waals surface area (Å²) in [5.74, 6) is -0.252. The molecule has 0 aliphatic heterocycles. The Kier molecular flexibility index (Phi) is 3.45. The fourth-order valence-electron chi connectivity index (χ4n) is 1.43. The number of halogens is 1. The third-order valence-electron chi connectivity index (χ3n) is 2.25. The average Bonchev–Trinajstić information content (AvgIpc) is 2.33. The van der Waals surface area contributed by atoms with Crippen LogP contribution in [0.25, 0.3) is 0 Å². The van der Waals surface area contributed by atoms with Gasteiger partial charge in [-0.2, -0.15) is 0 Å². The minimum absolute atomic E-state index is 0.212. The predicted octanol–water partition coefficient (Wildman–Crippen LogP) is 1.25. The third-order valence-corrected chi connectivity index (χ3v) is 2.55. The number of benzene rings is 1. The molecule has 0 radical (unpaired) electrons. The van der Waals surface area contributed by atoms with E-state index in [0.717, 1.165) is 11.2 Å². The Labute approximate surface area is 105 Å². The Morgan fingerprint density at radius 3 is 2.71 bits per heavy atom. The lowest BCUT2D eigenvalue weighted by Crippen LogP contribution is -2.16. The van der Waals surface area contributed by atoms with E-state index in [9.17, 15) is 4.79 Å². The first kappa shape index (κ1) is 11.7. The number of nitrogens with zero attached hydrogens (tertiary/aromatic N) is 1. The zero-order valence-electron chi connectivity index (χ0n) is 9.27. The zero-order valence-corrected chi connectivity index (χ0v) is 10.0. The zero-order chi connectivity index (χ0) is 12.3. The number of carbonyl (C=O) groups is 1. The summed E-state index contributed by atoms with van der Waals surface area (Å²) < 4.78 is 0. The van der Waals surface area contributed by atoms with Crippen molar-refractivity contribution in [1.82, 2.24) is 4.98 Å². The molecule has 84 valence electrons. The summed E-state index contributed by atoms with van der Waals surface area (Å²) in [5.41, 5.74) is 2.01. The van der Waals surface area contributed by atoms with Crippen LogP contribution < -0.4 is 10.8 Å². The first-order chi connectivity index (χ1) is 8.16. The predicted molar refractivity (Wildman–Crippen MR) is 71.8 cm³/mol. The molecule has 2 aromatic rings. The van der Waals surface area contributed by atoms with Crippen molar-refractivity contribution in [1.29, 1.82) is 0 Å². The quantitative estimate of drug-likeness (QED) is 0.638. The van der Waals surface area contributed by atoms with Crippen LogP contribution in [0.15, 0.2) is 42.6 Å².